The molecule has 0 radical (unpaired) electrons. The van der Waals surface area contributed by atoms with E-state index < -0.39 is 9.84 Å². The molecule has 1 unspecified atom stereocenters. The number of para-hydroxylation sites is 2. The predicted molar refractivity (Wildman–Crippen MR) is 99.7 cm³/mol. The molecule has 1 amide bonds. The molecule has 2 N–H and O–H groups in total. The van der Waals surface area contributed by atoms with E-state index in [-0.39, 0.29) is 29.1 Å². The maximum absolute atomic E-state index is 12.4. The summed E-state index contributed by atoms with van der Waals surface area (Å²) in [5.41, 5.74) is 1.71. The maximum atomic E-state index is 12.4. The van der Waals surface area contributed by atoms with Crippen molar-refractivity contribution in [3.05, 3.63) is 48.3 Å². The van der Waals surface area contributed by atoms with Crippen LogP contribution in [0.15, 0.2) is 42.6 Å². The van der Waals surface area contributed by atoms with Gasteiger partial charge in [-0.25, -0.2) is 8.42 Å². The second-order valence-electron chi connectivity index (χ2n) is 6.06. The molecule has 2 heterocycles. The fourth-order valence-corrected chi connectivity index (χ4v) is 4.48. The van der Waals surface area contributed by atoms with Crippen LogP contribution < -0.4 is 15.4 Å². The van der Waals surface area contributed by atoms with Gasteiger partial charge in [-0.3, -0.25) is 9.78 Å². The average molecular weight is 375 g/mol. The normalized spacial score (nSPS) is 18.3. The van der Waals surface area contributed by atoms with Gasteiger partial charge in [-0.1, -0.05) is 12.1 Å². The molecule has 0 bridgehead atoms. The number of ether oxygens (including phenoxy) is 1. The number of carbonyl (C=O) groups excluding carboxylic acids is 1. The molecule has 8 heteroatoms. The third kappa shape index (κ3) is 4.51. The molecule has 1 atom stereocenters. The molecule has 26 heavy (non-hydrogen) atoms. The quantitative estimate of drug-likeness (QED) is 0.803. The Morgan fingerprint density at radius 2 is 2.12 bits per heavy atom. The smallest absolute Gasteiger partial charge is 0.270 e. The van der Waals surface area contributed by atoms with Crippen LogP contribution in [-0.2, 0) is 9.84 Å². The van der Waals surface area contributed by atoms with Gasteiger partial charge in [0.2, 0.25) is 0 Å². The zero-order valence-electron chi connectivity index (χ0n) is 14.4. The number of aromatic nitrogens is 1. The molecule has 0 aliphatic carbocycles. The lowest BCUT2D eigenvalue weighted by atomic mass is 10.2. The minimum Gasteiger partial charge on any atom is -0.492 e. The average Bonchev–Trinajstić information content (AvgIpc) is 2.95. The number of amides is 1. The van der Waals surface area contributed by atoms with Crippen LogP contribution >= 0.6 is 0 Å². The number of nitrogens with zero attached hydrogens (tertiary/aromatic N) is 1. The molecule has 1 aliphatic rings. The second kappa shape index (κ2) is 7.74. The van der Waals surface area contributed by atoms with Crippen LogP contribution in [0, 0.1) is 0 Å². The summed E-state index contributed by atoms with van der Waals surface area (Å²) in [6, 6.07) is 10.5. The number of anilines is 2. The first kappa shape index (κ1) is 18.2. The van der Waals surface area contributed by atoms with Crippen molar-refractivity contribution in [1.29, 1.82) is 0 Å². The number of benzene rings is 1. The van der Waals surface area contributed by atoms with E-state index in [0.717, 1.165) is 5.69 Å². The summed E-state index contributed by atoms with van der Waals surface area (Å²) >= 11 is 0. The van der Waals surface area contributed by atoms with E-state index in [1.165, 1.54) is 6.20 Å². The van der Waals surface area contributed by atoms with Gasteiger partial charge in [0.05, 0.1) is 23.8 Å². The first-order valence-corrected chi connectivity index (χ1v) is 10.2. The molecular weight excluding hydrogens is 354 g/mol. The number of nitrogens with one attached hydrogen (secondary N) is 2. The van der Waals surface area contributed by atoms with Crippen LogP contribution in [0.1, 0.15) is 23.8 Å². The summed E-state index contributed by atoms with van der Waals surface area (Å²) in [5, 5.41) is 5.96. The Morgan fingerprint density at radius 1 is 1.31 bits per heavy atom. The molecular formula is C18H21N3O4S. The Labute approximate surface area is 152 Å². The molecule has 3 rings (SSSR count). The van der Waals surface area contributed by atoms with Crippen LogP contribution in [0.3, 0.4) is 0 Å². The minimum atomic E-state index is -3.04. The highest BCUT2D eigenvalue weighted by Gasteiger charge is 2.29. The van der Waals surface area contributed by atoms with Crippen LogP contribution in [0.4, 0.5) is 11.4 Å². The maximum Gasteiger partial charge on any atom is 0.270 e. The number of pyridine rings is 1. The number of rotatable bonds is 6. The summed E-state index contributed by atoms with van der Waals surface area (Å²) in [6.07, 6.45) is 1.97. The van der Waals surface area contributed by atoms with Gasteiger partial charge in [0, 0.05) is 17.9 Å². The largest absolute Gasteiger partial charge is 0.492 e. The van der Waals surface area contributed by atoms with Gasteiger partial charge < -0.3 is 15.4 Å². The Morgan fingerprint density at radius 3 is 2.85 bits per heavy atom. The van der Waals surface area contributed by atoms with Crippen LogP contribution in [0.5, 0.6) is 5.75 Å². The third-order valence-corrected chi connectivity index (χ3v) is 5.79. The van der Waals surface area contributed by atoms with Crippen molar-refractivity contribution >= 4 is 27.1 Å². The highest BCUT2D eigenvalue weighted by Crippen LogP contribution is 2.27. The monoisotopic (exact) mass is 375 g/mol. The SMILES string of the molecule is CCOc1ccccc1Nc1ccnc(C(=O)NC2CCS(=O)(=O)C2)c1. The number of hydrogen-bond acceptors (Lipinski definition) is 6. The van der Waals surface area contributed by atoms with E-state index in [0.29, 0.717) is 24.5 Å². The molecule has 0 spiro atoms. The van der Waals surface area contributed by atoms with Crippen LogP contribution in [0.2, 0.25) is 0 Å². The highest BCUT2D eigenvalue weighted by molar-refractivity contribution is 7.91. The molecule has 1 fully saturated rings. The van der Waals surface area contributed by atoms with E-state index in [1.54, 1.807) is 12.1 Å². The lowest BCUT2D eigenvalue weighted by Gasteiger charge is -2.13. The van der Waals surface area contributed by atoms with Gasteiger partial charge >= 0.3 is 0 Å². The van der Waals surface area contributed by atoms with Gasteiger partial charge in [-0.15, -0.1) is 0 Å². The van der Waals surface area contributed by atoms with Crippen LogP contribution in [0.25, 0.3) is 0 Å². The van der Waals surface area contributed by atoms with Crippen LogP contribution in [-0.4, -0.2) is 43.5 Å². The fraction of sp³-hybridized carbons (Fsp3) is 0.333. The molecule has 1 aliphatic heterocycles. The van der Waals surface area contributed by atoms with Gasteiger partial charge in [-0.2, -0.15) is 0 Å². The minimum absolute atomic E-state index is 0.0155. The summed E-state index contributed by atoms with van der Waals surface area (Å²) in [5.74, 6) is 0.433. The molecule has 1 saturated heterocycles. The van der Waals surface area contributed by atoms with Gasteiger partial charge in [0.15, 0.2) is 9.84 Å². The Balaban J connectivity index is 1.71. The Kier molecular flexibility index (Phi) is 5.41. The summed E-state index contributed by atoms with van der Waals surface area (Å²) < 4.78 is 28.6. The van der Waals surface area contributed by atoms with Gasteiger partial charge in [-0.05, 0) is 37.6 Å². The van der Waals surface area contributed by atoms with Crippen molar-refractivity contribution in [3.63, 3.8) is 0 Å². The lowest BCUT2D eigenvalue weighted by molar-refractivity contribution is 0.0936. The summed E-state index contributed by atoms with van der Waals surface area (Å²) in [4.78, 5) is 16.5. The van der Waals surface area contributed by atoms with Crippen molar-refractivity contribution in [2.24, 2.45) is 0 Å². The fourth-order valence-electron chi connectivity index (χ4n) is 2.81. The molecule has 7 nitrogen and oxygen atoms in total. The van der Waals surface area contributed by atoms with Crippen molar-refractivity contribution in [2.45, 2.75) is 19.4 Å². The van der Waals surface area contributed by atoms with E-state index in [4.69, 9.17) is 4.74 Å². The molecule has 2 aromatic rings. The van der Waals surface area contributed by atoms with Crippen molar-refractivity contribution < 1.29 is 17.9 Å². The van der Waals surface area contributed by atoms with E-state index >= 15 is 0 Å². The summed E-state index contributed by atoms with van der Waals surface area (Å²) in [7, 11) is -3.04. The zero-order chi connectivity index (χ0) is 18.6. The van der Waals surface area contributed by atoms with E-state index in [1.807, 2.05) is 31.2 Å². The van der Waals surface area contributed by atoms with Gasteiger partial charge in [0.25, 0.3) is 5.91 Å². The Hall–Kier alpha value is -2.61. The standard InChI is InChI=1S/C18H21N3O4S/c1-2-25-17-6-4-3-5-15(17)20-13-7-9-19-16(11-13)18(22)21-14-8-10-26(23,24)12-14/h3-7,9,11,14H,2,8,10,12H2,1H3,(H,19,20)(H,21,22). The second-order valence-corrected chi connectivity index (χ2v) is 8.29. The van der Waals surface area contributed by atoms with Crippen molar-refractivity contribution in [2.75, 3.05) is 23.4 Å². The Bertz CT molecular complexity index is 899. The molecule has 1 aromatic heterocycles. The first-order chi connectivity index (χ1) is 12.5. The first-order valence-electron chi connectivity index (χ1n) is 8.43. The number of hydrogen-bond donors (Lipinski definition) is 2. The third-order valence-electron chi connectivity index (χ3n) is 4.03. The molecule has 0 saturated carbocycles. The van der Waals surface area contributed by atoms with E-state index in [2.05, 4.69) is 15.6 Å². The van der Waals surface area contributed by atoms with Gasteiger partial charge in [0.1, 0.15) is 11.4 Å². The topological polar surface area (TPSA) is 97.4 Å². The number of sulfone groups is 1. The van der Waals surface area contributed by atoms with Crippen molar-refractivity contribution in [1.82, 2.24) is 10.3 Å². The predicted octanol–water partition coefficient (Wildman–Crippen LogP) is 2.14. The van der Waals surface area contributed by atoms with E-state index in [9.17, 15) is 13.2 Å². The van der Waals surface area contributed by atoms with Crippen molar-refractivity contribution in [3.8, 4) is 5.75 Å². The zero-order valence-corrected chi connectivity index (χ0v) is 15.3. The molecule has 1 aromatic carbocycles. The number of carbonyl (C=O) groups is 1. The highest BCUT2D eigenvalue weighted by atomic mass is 32.2. The lowest BCUT2D eigenvalue weighted by Crippen LogP contribution is -2.36. The summed E-state index contributed by atoms with van der Waals surface area (Å²) in [6.45, 7) is 2.46. The molecule has 138 valence electrons.